The van der Waals surface area contributed by atoms with Gasteiger partial charge in [-0.1, -0.05) is 54.6 Å². The summed E-state index contributed by atoms with van der Waals surface area (Å²) in [5.74, 6) is 0.564. The highest BCUT2D eigenvalue weighted by Gasteiger charge is 2.44. The highest BCUT2D eigenvalue weighted by molar-refractivity contribution is 5.95. The van der Waals surface area contributed by atoms with Crippen LogP contribution >= 0.6 is 0 Å². The molecule has 1 aliphatic carbocycles. The van der Waals surface area contributed by atoms with Crippen LogP contribution < -0.4 is 5.32 Å². The van der Waals surface area contributed by atoms with Gasteiger partial charge in [-0.15, -0.1) is 0 Å². The van der Waals surface area contributed by atoms with Crippen molar-refractivity contribution in [3.63, 3.8) is 0 Å². The van der Waals surface area contributed by atoms with Crippen molar-refractivity contribution in [2.75, 3.05) is 45.1 Å². The first kappa shape index (κ1) is 20.2. The zero-order chi connectivity index (χ0) is 21.2. The van der Waals surface area contributed by atoms with Gasteiger partial charge >= 0.3 is 0 Å². The van der Waals surface area contributed by atoms with E-state index in [1.54, 1.807) is 0 Å². The Balaban J connectivity index is 1.17. The molecule has 4 nitrogen and oxygen atoms in total. The molecule has 1 saturated heterocycles. The van der Waals surface area contributed by atoms with Gasteiger partial charge in [0, 0.05) is 44.3 Å². The van der Waals surface area contributed by atoms with Crippen LogP contribution in [0.25, 0.3) is 10.8 Å². The fourth-order valence-corrected chi connectivity index (χ4v) is 4.69. The number of hydrogen-bond acceptors (Lipinski definition) is 3. The van der Waals surface area contributed by atoms with Crippen LogP contribution in [-0.2, 0) is 11.2 Å². The lowest BCUT2D eigenvalue weighted by Crippen LogP contribution is -2.45. The molecule has 1 amide bonds. The number of likely N-dealkylation sites (N-methyl/N-ethyl adjacent to an activating group) is 1. The first-order valence-corrected chi connectivity index (χ1v) is 11.4. The zero-order valence-corrected chi connectivity index (χ0v) is 18.3. The average Bonchev–Trinajstić information content (AvgIpc) is 3.60. The Kier molecular flexibility index (Phi) is 5.75. The van der Waals surface area contributed by atoms with Crippen LogP contribution in [0.1, 0.15) is 23.5 Å². The second-order valence-corrected chi connectivity index (χ2v) is 9.14. The summed E-state index contributed by atoms with van der Waals surface area (Å²) < 4.78 is 0. The number of benzene rings is 3. The lowest BCUT2D eigenvalue weighted by molar-refractivity contribution is -0.117. The number of nitrogens with one attached hydrogen (secondary N) is 1. The predicted molar refractivity (Wildman–Crippen MR) is 128 cm³/mol. The van der Waals surface area contributed by atoms with E-state index in [0.717, 1.165) is 51.3 Å². The number of fused-ring (bicyclic) bond motifs is 1. The van der Waals surface area contributed by atoms with E-state index in [4.69, 9.17) is 0 Å². The highest BCUT2D eigenvalue weighted by atomic mass is 16.2. The van der Waals surface area contributed by atoms with Gasteiger partial charge in [-0.25, -0.2) is 0 Å². The molecular weight excluding hydrogens is 382 g/mol. The minimum Gasteiger partial charge on any atom is -0.326 e. The van der Waals surface area contributed by atoms with E-state index in [1.165, 1.54) is 21.9 Å². The van der Waals surface area contributed by atoms with Crippen molar-refractivity contribution in [1.82, 2.24) is 9.80 Å². The number of amides is 1. The van der Waals surface area contributed by atoms with Crippen LogP contribution in [0.15, 0.2) is 66.7 Å². The van der Waals surface area contributed by atoms with E-state index >= 15 is 0 Å². The minimum atomic E-state index is 0.0788. The predicted octanol–water partition coefficient (Wildman–Crippen LogP) is 4.37. The normalized spacial score (nSPS) is 21.8. The topological polar surface area (TPSA) is 35.6 Å². The number of nitrogens with zero attached hydrogens (tertiary/aromatic N) is 2. The van der Waals surface area contributed by atoms with E-state index in [2.05, 4.69) is 82.8 Å². The molecule has 0 spiro atoms. The zero-order valence-electron chi connectivity index (χ0n) is 18.3. The van der Waals surface area contributed by atoms with Crippen LogP contribution in [-0.4, -0.2) is 55.5 Å². The maximum atomic E-state index is 12.8. The maximum Gasteiger partial charge on any atom is 0.228 e. The summed E-state index contributed by atoms with van der Waals surface area (Å²) in [7, 11) is 2.19. The van der Waals surface area contributed by atoms with E-state index in [0.29, 0.717) is 5.92 Å². The van der Waals surface area contributed by atoms with Crippen molar-refractivity contribution in [3.05, 3.63) is 77.9 Å². The van der Waals surface area contributed by atoms with Crippen LogP contribution in [0.2, 0.25) is 0 Å². The molecule has 1 heterocycles. The number of hydrogen-bond donors (Lipinski definition) is 1. The fourth-order valence-electron chi connectivity index (χ4n) is 4.69. The van der Waals surface area contributed by atoms with Gasteiger partial charge in [0.05, 0.1) is 0 Å². The maximum absolute atomic E-state index is 12.8. The molecule has 2 atom stereocenters. The Morgan fingerprint density at radius 3 is 2.58 bits per heavy atom. The molecule has 5 rings (SSSR count). The van der Waals surface area contributed by atoms with Crippen LogP contribution in [0.5, 0.6) is 0 Å². The molecule has 3 aromatic rings. The van der Waals surface area contributed by atoms with Gasteiger partial charge in [0.15, 0.2) is 0 Å². The van der Waals surface area contributed by atoms with Crippen LogP contribution in [0, 0.1) is 5.92 Å². The van der Waals surface area contributed by atoms with E-state index < -0.39 is 0 Å². The first-order chi connectivity index (χ1) is 15.2. The molecule has 0 unspecified atom stereocenters. The molecule has 1 saturated carbocycles. The van der Waals surface area contributed by atoms with E-state index in [-0.39, 0.29) is 11.8 Å². The molecular formula is C27H31N3O. The van der Waals surface area contributed by atoms with Crippen molar-refractivity contribution in [2.45, 2.75) is 18.8 Å². The molecule has 4 heteroatoms. The standard InChI is InChI=1S/C27H31N3O/c1-29-13-15-30(16-14-29)12-11-20-5-4-8-24(17-20)28-27(31)26-19-25(26)23-10-9-21-6-2-3-7-22(21)18-23/h2-10,17-18,25-26H,11-16,19H2,1H3,(H,28,31)/t25-,26+/m1/s1. The number of carbonyl (C=O) groups excluding carboxylic acids is 1. The van der Waals surface area contributed by atoms with Gasteiger partial charge in [0.25, 0.3) is 0 Å². The monoisotopic (exact) mass is 413 g/mol. The number of piperazine rings is 1. The largest absolute Gasteiger partial charge is 0.326 e. The van der Waals surface area contributed by atoms with Gasteiger partial charge in [0.1, 0.15) is 0 Å². The number of anilines is 1. The average molecular weight is 414 g/mol. The second-order valence-electron chi connectivity index (χ2n) is 9.14. The van der Waals surface area contributed by atoms with Crippen molar-refractivity contribution in [3.8, 4) is 0 Å². The molecule has 31 heavy (non-hydrogen) atoms. The third-order valence-electron chi connectivity index (χ3n) is 6.84. The van der Waals surface area contributed by atoms with Crippen molar-refractivity contribution in [1.29, 1.82) is 0 Å². The SMILES string of the molecule is CN1CCN(CCc2cccc(NC(=O)[C@H]3C[C@@H]3c3ccc4ccccc4c3)c2)CC1. The molecule has 3 aromatic carbocycles. The van der Waals surface area contributed by atoms with Gasteiger partial charge in [-0.3, -0.25) is 4.79 Å². The Morgan fingerprint density at radius 1 is 0.935 bits per heavy atom. The van der Waals surface area contributed by atoms with Crippen molar-refractivity contribution < 1.29 is 4.79 Å². The summed E-state index contributed by atoms with van der Waals surface area (Å²) in [6, 6.07) is 23.4. The summed E-state index contributed by atoms with van der Waals surface area (Å²) in [6.45, 7) is 5.67. The summed E-state index contributed by atoms with van der Waals surface area (Å²) in [4.78, 5) is 17.8. The molecule has 1 aliphatic heterocycles. The number of rotatable bonds is 6. The lowest BCUT2D eigenvalue weighted by Gasteiger charge is -2.32. The molecule has 2 fully saturated rings. The first-order valence-electron chi connectivity index (χ1n) is 11.4. The smallest absolute Gasteiger partial charge is 0.228 e. The van der Waals surface area contributed by atoms with Crippen LogP contribution in [0.3, 0.4) is 0 Å². The molecule has 2 aliphatic rings. The Morgan fingerprint density at radius 2 is 1.74 bits per heavy atom. The fraction of sp³-hybridized carbons (Fsp3) is 0.370. The summed E-state index contributed by atoms with van der Waals surface area (Å²) in [5.41, 5.74) is 3.49. The third-order valence-corrected chi connectivity index (χ3v) is 6.84. The van der Waals surface area contributed by atoms with Gasteiger partial charge < -0.3 is 15.1 Å². The quantitative estimate of drug-likeness (QED) is 0.652. The Labute approximate surface area is 184 Å². The molecule has 1 N–H and O–H groups in total. The molecule has 0 aromatic heterocycles. The third kappa shape index (κ3) is 4.81. The number of carbonyl (C=O) groups is 1. The van der Waals surface area contributed by atoms with Crippen molar-refractivity contribution >= 4 is 22.4 Å². The molecule has 0 bridgehead atoms. The lowest BCUT2D eigenvalue weighted by atomic mass is 10.0. The van der Waals surface area contributed by atoms with Crippen LogP contribution in [0.4, 0.5) is 5.69 Å². The summed E-state index contributed by atoms with van der Waals surface area (Å²) in [6.07, 6.45) is 1.96. The van der Waals surface area contributed by atoms with Gasteiger partial charge in [0.2, 0.25) is 5.91 Å². The summed E-state index contributed by atoms with van der Waals surface area (Å²) >= 11 is 0. The van der Waals surface area contributed by atoms with Crippen molar-refractivity contribution in [2.24, 2.45) is 5.92 Å². The van der Waals surface area contributed by atoms with E-state index in [9.17, 15) is 4.79 Å². The Bertz CT molecular complexity index is 1070. The molecule has 160 valence electrons. The van der Waals surface area contributed by atoms with Gasteiger partial charge in [-0.05, 0) is 59.8 Å². The van der Waals surface area contributed by atoms with Gasteiger partial charge in [-0.2, -0.15) is 0 Å². The van der Waals surface area contributed by atoms with E-state index in [1.807, 2.05) is 6.07 Å². The Hall–Kier alpha value is -2.69. The molecule has 0 radical (unpaired) electrons. The summed E-state index contributed by atoms with van der Waals surface area (Å²) in [5, 5.41) is 5.67. The highest BCUT2D eigenvalue weighted by Crippen LogP contribution is 2.48. The minimum absolute atomic E-state index is 0.0788. The second kappa shape index (κ2) is 8.81.